The quantitative estimate of drug-likeness (QED) is 0.621. The van der Waals surface area contributed by atoms with Crippen molar-refractivity contribution in [2.45, 2.75) is 66.2 Å². The van der Waals surface area contributed by atoms with E-state index in [0.717, 1.165) is 35.5 Å². The van der Waals surface area contributed by atoms with E-state index in [4.69, 9.17) is 0 Å². The summed E-state index contributed by atoms with van der Waals surface area (Å²) >= 11 is 0. The summed E-state index contributed by atoms with van der Waals surface area (Å²) in [6.45, 7) is 10.0. The molecule has 0 N–H and O–H groups in total. The van der Waals surface area contributed by atoms with Gasteiger partial charge < -0.3 is 0 Å². The summed E-state index contributed by atoms with van der Waals surface area (Å²) in [6.07, 6.45) is 8.99. The molecule has 0 radical (unpaired) electrons. The van der Waals surface area contributed by atoms with Crippen molar-refractivity contribution in [3.63, 3.8) is 0 Å². The maximum absolute atomic E-state index is 2.54. The predicted octanol–water partition coefficient (Wildman–Crippen LogP) is 5.13. The average Bonchev–Trinajstić information content (AvgIpc) is 2.85. The second-order valence-electron chi connectivity index (χ2n) is 6.97. The van der Waals surface area contributed by atoms with E-state index in [-0.39, 0.29) is 0 Å². The van der Waals surface area contributed by atoms with Crippen LogP contribution in [-0.2, 0) is 0 Å². The van der Waals surface area contributed by atoms with Crippen molar-refractivity contribution < 1.29 is 0 Å². The summed E-state index contributed by atoms with van der Waals surface area (Å²) in [5.41, 5.74) is 0. The molecule has 0 saturated heterocycles. The first-order valence-corrected chi connectivity index (χ1v) is 7.59. The Labute approximate surface area is 102 Å². The first-order valence-electron chi connectivity index (χ1n) is 7.59. The van der Waals surface area contributed by atoms with Gasteiger partial charge in [-0.05, 0) is 54.8 Å². The van der Waals surface area contributed by atoms with Crippen LogP contribution >= 0.6 is 0 Å². The Morgan fingerprint density at radius 1 is 0.875 bits per heavy atom. The zero-order valence-corrected chi connectivity index (χ0v) is 11.7. The van der Waals surface area contributed by atoms with Crippen molar-refractivity contribution in [2.24, 2.45) is 35.5 Å². The zero-order valence-electron chi connectivity index (χ0n) is 11.7. The van der Waals surface area contributed by atoms with Gasteiger partial charge in [0.05, 0.1) is 0 Å². The largest absolute Gasteiger partial charge is 0.0625 e. The molecule has 2 saturated carbocycles. The molecule has 0 heteroatoms. The number of hydrogen-bond acceptors (Lipinski definition) is 0. The van der Waals surface area contributed by atoms with Crippen molar-refractivity contribution in [2.75, 3.05) is 0 Å². The van der Waals surface area contributed by atoms with Crippen molar-refractivity contribution >= 4 is 0 Å². The summed E-state index contributed by atoms with van der Waals surface area (Å²) < 4.78 is 0. The third-order valence-corrected chi connectivity index (χ3v) is 5.91. The van der Waals surface area contributed by atoms with E-state index in [1.54, 1.807) is 0 Å². The van der Waals surface area contributed by atoms with Crippen LogP contribution < -0.4 is 0 Å². The normalized spacial score (nSPS) is 43.5. The molecule has 0 spiro atoms. The van der Waals surface area contributed by atoms with E-state index in [2.05, 4.69) is 27.7 Å². The molecule has 0 aromatic heterocycles. The molecule has 2 rings (SSSR count). The lowest BCUT2D eigenvalue weighted by molar-refractivity contribution is 0.166. The van der Waals surface area contributed by atoms with Crippen LogP contribution in [0.1, 0.15) is 66.2 Å². The molecule has 2 aliphatic carbocycles. The number of rotatable bonds is 3. The molecule has 16 heavy (non-hydrogen) atoms. The van der Waals surface area contributed by atoms with Crippen LogP contribution in [0.15, 0.2) is 0 Å². The second-order valence-corrected chi connectivity index (χ2v) is 6.97. The van der Waals surface area contributed by atoms with Crippen LogP contribution in [0.5, 0.6) is 0 Å². The Bertz CT molecular complexity index is 220. The fraction of sp³-hybridized carbons (Fsp3) is 1.00. The van der Waals surface area contributed by atoms with Gasteiger partial charge >= 0.3 is 0 Å². The molecular formula is C16H30. The predicted molar refractivity (Wildman–Crippen MR) is 71.3 cm³/mol. The van der Waals surface area contributed by atoms with Crippen molar-refractivity contribution in [1.82, 2.24) is 0 Å². The Kier molecular flexibility index (Phi) is 3.97. The minimum atomic E-state index is 0.966. The van der Waals surface area contributed by atoms with Crippen molar-refractivity contribution in [3.8, 4) is 0 Å². The van der Waals surface area contributed by atoms with E-state index in [1.807, 2.05) is 0 Å². The smallest absolute Gasteiger partial charge is 0.0360 e. The van der Waals surface area contributed by atoms with Gasteiger partial charge in [-0.2, -0.15) is 0 Å². The summed E-state index contributed by atoms with van der Waals surface area (Å²) in [6, 6.07) is 0. The standard InChI is InChI=1S/C16H30/c1-11-8-9-15(10-11)13(3)14(4)16-7-5-6-12(16)2/h11-16H,5-10H2,1-4H3. The lowest BCUT2D eigenvalue weighted by atomic mass is 9.73. The molecule has 94 valence electrons. The highest BCUT2D eigenvalue weighted by Gasteiger charge is 2.35. The average molecular weight is 222 g/mol. The third-order valence-electron chi connectivity index (χ3n) is 5.91. The SMILES string of the molecule is CC1CCC(C(C)C(C)C2CCCC2C)C1. The topological polar surface area (TPSA) is 0 Å². The molecule has 0 bridgehead atoms. The minimum absolute atomic E-state index is 0.966. The van der Waals surface area contributed by atoms with Gasteiger partial charge in [0.2, 0.25) is 0 Å². The van der Waals surface area contributed by atoms with Crippen molar-refractivity contribution in [3.05, 3.63) is 0 Å². The molecule has 0 heterocycles. The van der Waals surface area contributed by atoms with Gasteiger partial charge in [0.25, 0.3) is 0 Å². The third kappa shape index (κ3) is 2.46. The van der Waals surface area contributed by atoms with E-state index in [9.17, 15) is 0 Å². The highest BCUT2D eigenvalue weighted by molar-refractivity contribution is 4.86. The first-order chi connectivity index (χ1) is 7.59. The molecule has 0 amide bonds. The maximum Gasteiger partial charge on any atom is -0.0360 e. The van der Waals surface area contributed by atoms with Gasteiger partial charge in [-0.15, -0.1) is 0 Å². The Balaban J connectivity index is 1.90. The van der Waals surface area contributed by atoms with Gasteiger partial charge in [-0.1, -0.05) is 47.0 Å². The second kappa shape index (κ2) is 5.10. The van der Waals surface area contributed by atoms with E-state index < -0.39 is 0 Å². The van der Waals surface area contributed by atoms with E-state index in [0.29, 0.717) is 0 Å². The lowest BCUT2D eigenvalue weighted by Crippen LogP contribution is -2.25. The molecule has 6 unspecified atom stereocenters. The Hall–Kier alpha value is 0. The summed E-state index contributed by atoms with van der Waals surface area (Å²) in [5, 5.41) is 0. The van der Waals surface area contributed by atoms with E-state index in [1.165, 1.54) is 38.5 Å². The zero-order chi connectivity index (χ0) is 11.7. The highest BCUT2D eigenvalue weighted by atomic mass is 14.4. The molecule has 0 nitrogen and oxygen atoms in total. The molecule has 0 aromatic rings. The minimum Gasteiger partial charge on any atom is -0.0625 e. The molecule has 0 aliphatic heterocycles. The van der Waals surface area contributed by atoms with Crippen LogP contribution in [0.25, 0.3) is 0 Å². The summed E-state index contributed by atoms with van der Waals surface area (Å²) in [5.74, 6) is 6.00. The fourth-order valence-electron chi connectivity index (χ4n) is 4.50. The van der Waals surface area contributed by atoms with Gasteiger partial charge in [-0.3, -0.25) is 0 Å². The van der Waals surface area contributed by atoms with Crippen LogP contribution in [0.2, 0.25) is 0 Å². The molecule has 0 aromatic carbocycles. The van der Waals surface area contributed by atoms with Crippen LogP contribution in [0.3, 0.4) is 0 Å². The Morgan fingerprint density at radius 2 is 1.62 bits per heavy atom. The van der Waals surface area contributed by atoms with Gasteiger partial charge in [0.15, 0.2) is 0 Å². The van der Waals surface area contributed by atoms with Crippen LogP contribution in [-0.4, -0.2) is 0 Å². The summed E-state index contributed by atoms with van der Waals surface area (Å²) in [4.78, 5) is 0. The van der Waals surface area contributed by atoms with Crippen LogP contribution in [0.4, 0.5) is 0 Å². The highest BCUT2D eigenvalue weighted by Crippen LogP contribution is 2.45. The molecular weight excluding hydrogens is 192 g/mol. The van der Waals surface area contributed by atoms with Crippen molar-refractivity contribution in [1.29, 1.82) is 0 Å². The first kappa shape index (κ1) is 12.5. The van der Waals surface area contributed by atoms with Gasteiger partial charge in [-0.25, -0.2) is 0 Å². The van der Waals surface area contributed by atoms with E-state index >= 15 is 0 Å². The monoisotopic (exact) mass is 222 g/mol. The molecule has 6 atom stereocenters. The lowest BCUT2D eigenvalue weighted by Gasteiger charge is -2.32. The number of hydrogen-bond donors (Lipinski definition) is 0. The van der Waals surface area contributed by atoms with Crippen LogP contribution in [0, 0.1) is 35.5 Å². The summed E-state index contributed by atoms with van der Waals surface area (Å²) in [7, 11) is 0. The molecule has 2 aliphatic rings. The fourth-order valence-corrected chi connectivity index (χ4v) is 4.50. The van der Waals surface area contributed by atoms with Gasteiger partial charge in [0, 0.05) is 0 Å². The van der Waals surface area contributed by atoms with Gasteiger partial charge in [0.1, 0.15) is 0 Å². The molecule has 2 fully saturated rings. The Morgan fingerprint density at radius 3 is 2.12 bits per heavy atom. The maximum atomic E-state index is 2.54.